The lowest BCUT2D eigenvalue weighted by molar-refractivity contribution is -0.274. The second-order valence-electron chi connectivity index (χ2n) is 4.80. The molecule has 0 aliphatic rings. The molecule has 0 saturated heterocycles. The van der Waals surface area contributed by atoms with Gasteiger partial charge in [0.05, 0.1) is 5.69 Å². The van der Waals surface area contributed by atoms with E-state index in [-0.39, 0.29) is 5.56 Å². The molecule has 3 aromatic rings. The Kier molecular flexibility index (Phi) is 4.66. The molecule has 0 saturated carbocycles. The van der Waals surface area contributed by atoms with E-state index in [1.807, 2.05) is 0 Å². The number of nitrogens with zero attached hydrogens (tertiary/aromatic N) is 2. The Morgan fingerprint density at radius 1 is 1.08 bits per heavy atom. The summed E-state index contributed by atoms with van der Waals surface area (Å²) < 4.78 is 40.1. The highest BCUT2D eigenvalue weighted by Gasteiger charge is 2.31. The summed E-state index contributed by atoms with van der Waals surface area (Å²) in [4.78, 5) is 20.4. The molecule has 25 heavy (non-hydrogen) atoms. The molecule has 1 aromatic carbocycles. The third-order valence-electron chi connectivity index (χ3n) is 3.05. The van der Waals surface area contributed by atoms with Crippen LogP contribution in [-0.2, 0) is 0 Å². The minimum Gasteiger partial charge on any atom is -0.406 e. The summed E-state index contributed by atoms with van der Waals surface area (Å²) in [6, 6.07) is 8.22. The average molecular weight is 365 g/mol. The fourth-order valence-corrected chi connectivity index (χ4v) is 2.68. The van der Waals surface area contributed by atoms with Crippen LogP contribution in [0.3, 0.4) is 0 Å². The number of thiazole rings is 1. The van der Waals surface area contributed by atoms with Crippen LogP contribution in [0.4, 0.5) is 18.3 Å². The van der Waals surface area contributed by atoms with Crippen LogP contribution in [-0.4, -0.2) is 22.2 Å². The lowest BCUT2D eigenvalue weighted by Gasteiger charge is -2.09. The van der Waals surface area contributed by atoms with Gasteiger partial charge in [-0.2, -0.15) is 0 Å². The van der Waals surface area contributed by atoms with E-state index in [0.29, 0.717) is 10.8 Å². The average Bonchev–Trinajstić information content (AvgIpc) is 3.03. The molecule has 2 aromatic heterocycles. The number of alkyl halides is 3. The molecule has 0 fully saturated rings. The molecule has 0 atom stereocenters. The van der Waals surface area contributed by atoms with Gasteiger partial charge in [0.1, 0.15) is 5.75 Å². The quantitative estimate of drug-likeness (QED) is 0.746. The summed E-state index contributed by atoms with van der Waals surface area (Å²) in [5.74, 6) is -0.868. The Hall–Kier alpha value is -2.94. The molecule has 0 bridgehead atoms. The highest BCUT2D eigenvalue weighted by Crippen LogP contribution is 2.25. The van der Waals surface area contributed by atoms with Gasteiger partial charge < -0.3 is 4.74 Å². The smallest absolute Gasteiger partial charge is 0.406 e. The van der Waals surface area contributed by atoms with E-state index in [4.69, 9.17) is 0 Å². The van der Waals surface area contributed by atoms with Crippen LogP contribution in [0.1, 0.15) is 10.4 Å². The van der Waals surface area contributed by atoms with Crippen LogP contribution in [0.25, 0.3) is 11.3 Å². The number of aromatic nitrogens is 2. The Labute approximate surface area is 144 Å². The predicted molar refractivity (Wildman–Crippen MR) is 86.4 cm³/mol. The first-order valence-corrected chi connectivity index (χ1v) is 7.82. The number of hydrogen-bond acceptors (Lipinski definition) is 5. The third-order valence-corrected chi connectivity index (χ3v) is 3.81. The van der Waals surface area contributed by atoms with E-state index in [9.17, 15) is 18.0 Å². The Bertz CT molecular complexity index is 864. The van der Waals surface area contributed by atoms with E-state index in [1.165, 1.54) is 23.5 Å². The van der Waals surface area contributed by atoms with Gasteiger partial charge in [0.25, 0.3) is 5.91 Å². The van der Waals surface area contributed by atoms with Gasteiger partial charge in [-0.05, 0) is 36.4 Å². The third kappa shape index (κ3) is 4.54. The fraction of sp³-hybridized carbons (Fsp3) is 0.0625. The van der Waals surface area contributed by atoms with Crippen LogP contribution in [0, 0.1) is 0 Å². The molecule has 0 aliphatic carbocycles. The van der Waals surface area contributed by atoms with Gasteiger partial charge in [-0.1, -0.05) is 0 Å². The number of benzene rings is 1. The summed E-state index contributed by atoms with van der Waals surface area (Å²) in [5, 5.41) is 4.77. The second kappa shape index (κ2) is 6.89. The predicted octanol–water partition coefficient (Wildman–Crippen LogP) is 4.36. The molecule has 5 nitrogen and oxygen atoms in total. The van der Waals surface area contributed by atoms with Gasteiger partial charge >= 0.3 is 6.36 Å². The zero-order chi connectivity index (χ0) is 17.9. The van der Waals surface area contributed by atoms with Crippen molar-refractivity contribution in [3.8, 4) is 17.0 Å². The van der Waals surface area contributed by atoms with E-state index >= 15 is 0 Å². The number of ether oxygens (including phenoxy) is 1. The number of rotatable bonds is 4. The van der Waals surface area contributed by atoms with Crippen molar-refractivity contribution in [2.45, 2.75) is 6.36 Å². The van der Waals surface area contributed by atoms with Gasteiger partial charge in [-0.25, -0.2) is 4.98 Å². The monoisotopic (exact) mass is 365 g/mol. The largest absolute Gasteiger partial charge is 0.573 e. The maximum absolute atomic E-state index is 12.1. The summed E-state index contributed by atoms with van der Waals surface area (Å²) >= 11 is 1.24. The van der Waals surface area contributed by atoms with E-state index < -0.39 is 18.0 Å². The first-order chi connectivity index (χ1) is 11.9. The molecule has 3 rings (SSSR count). The van der Waals surface area contributed by atoms with Crippen molar-refractivity contribution in [1.82, 2.24) is 9.97 Å². The van der Waals surface area contributed by atoms with Gasteiger partial charge in [0, 0.05) is 28.9 Å². The molecular formula is C16H10F3N3O2S. The molecule has 0 radical (unpaired) electrons. The van der Waals surface area contributed by atoms with Gasteiger partial charge in [0.15, 0.2) is 5.13 Å². The minimum atomic E-state index is -4.77. The highest BCUT2D eigenvalue weighted by atomic mass is 32.1. The number of nitrogens with one attached hydrogen (secondary N) is 1. The standard InChI is InChI=1S/C16H10F3N3O2S/c17-16(18,19)24-12-3-1-11(2-4-12)14(23)22-15-21-13(9-25-15)10-5-7-20-8-6-10/h1-9H,(H,21,22,23). The molecule has 2 heterocycles. The van der Waals surface area contributed by atoms with Gasteiger partial charge in [-0.3, -0.25) is 15.1 Å². The fourth-order valence-electron chi connectivity index (χ4n) is 1.96. The highest BCUT2D eigenvalue weighted by molar-refractivity contribution is 7.14. The van der Waals surface area contributed by atoms with Crippen molar-refractivity contribution in [1.29, 1.82) is 0 Å². The first-order valence-electron chi connectivity index (χ1n) is 6.94. The first kappa shape index (κ1) is 16.9. The van der Waals surface area contributed by atoms with Gasteiger partial charge in [0.2, 0.25) is 0 Å². The van der Waals surface area contributed by atoms with E-state index in [1.54, 1.807) is 29.9 Å². The number of hydrogen-bond donors (Lipinski definition) is 1. The molecule has 128 valence electrons. The second-order valence-corrected chi connectivity index (χ2v) is 5.66. The van der Waals surface area contributed by atoms with Crippen LogP contribution in [0.5, 0.6) is 5.75 Å². The van der Waals surface area contributed by atoms with Crippen LogP contribution in [0.2, 0.25) is 0 Å². The summed E-state index contributed by atoms with van der Waals surface area (Å²) in [6.07, 6.45) is -1.50. The zero-order valence-corrected chi connectivity index (χ0v) is 13.3. The SMILES string of the molecule is O=C(Nc1nc(-c2ccncc2)cs1)c1ccc(OC(F)(F)F)cc1. The number of pyridine rings is 1. The zero-order valence-electron chi connectivity index (χ0n) is 12.4. The van der Waals surface area contributed by atoms with Gasteiger partial charge in [-0.15, -0.1) is 24.5 Å². The van der Waals surface area contributed by atoms with Crippen LogP contribution >= 0.6 is 11.3 Å². The van der Waals surface area contributed by atoms with Crippen LogP contribution < -0.4 is 10.1 Å². The number of anilines is 1. The van der Waals surface area contributed by atoms with E-state index in [0.717, 1.165) is 17.7 Å². The summed E-state index contributed by atoms with van der Waals surface area (Å²) in [7, 11) is 0. The molecule has 0 spiro atoms. The summed E-state index contributed by atoms with van der Waals surface area (Å²) in [5.41, 5.74) is 1.74. The number of amides is 1. The molecule has 0 aliphatic heterocycles. The number of carbonyl (C=O) groups is 1. The Balaban J connectivity index is 1.67. The molecule has 0 unspecified atom stereocenters. The summed E-state index contributed by atoms with van der Waals surface area (Å²) in [6.45, 7) is 0. The molecule has 1 amide bonds. The maximum Gasteiger partial charge on any atom is 0.573 e. The lowest BCUT2D eigenvalue weighted by Crippen LogP contribution is -2.17. The minimum absolute atomic E-state index is 0.190. The van der Waals surface area contributed by atoms with Crippen LogP contribution in [0.15, 0.2) is 54.2 Å². The molecular weight excluding hydrogens is 355 g/mol. The van der Waals surface area contributed by atoms with Crippen molar-refractivity contribution in [2.24, 2.45) is 0 Å². The topological polar surface area (TPSA) is 64.1 Å². The number of carbonyl (C=O) groups excluding carboxylic acids is 1. The van der Waals surface area contributed by atoms with Crippen molar-refractivity contribution < 1.29 is 22.7 Å². The molecule has 1 N–H and O–H groups in total. The normalized spacial score (nSPS) is 11.2. The lowest BCUT2D eigenvalue weighted by atomic mass is 10.2. The van der Waals surface area contributed by atoms with Crippen molar-refractivity contribution in [3.05, 3.63) is 59.7 Å². The Morgan fingerprint density at radius 3 is 2.40 bits per heavy atom. The maximum atomic E-state index is 12.1. The van der Waals surface area contributed by atoms with Crippen molar-refractivity contribution in [3.63, 3.8) is 0 Å². The van der Waals surface area contributed by atoms with E-state index in [2.05, 4.69) is 20.0 Å². The number of halogens is 3. The Morgan fingerprint density at radius 2 is 1.76 bits per heavy atom. The van der Waals surface area contributed by atoms with Crippen molar-refractivity contribution in [2.75, 3.05) is 5.32 Å². The molecule has 9 heteroatoms. The van der Waals surface area contributed by atoms with Crippen molar-refractivity contribution >= 4 is 22.4 Å².